The van der Waals surface area contributed by atoms with Gasteiger partial charge >= 0.3 is 17.6 Å². The van der Waals surface area contributed by atoms with Gasteiger partial charge in [0.25, 0.3) is 0 Å². The summed E-state index contributed by atoms with van der Waals surface area (Å²) < 4.78 is 32.4. The summed E-state index contributed by atoms with van der Waals surface area (Å²) >= 11 is 0. The lowest BCUT2D eigenvalue weighted by molar-refractivity contribution is -0.126. The molecule has 0 aliphatic heterocycles. The average Bonchev–Trinajstić information content (AvgIpc) is 2.67. The molecule has 0 unspecified atom stereocenters. The summed E-state index contributed by atoms with van der Waals surface area (Å²) in [6.07, 6.45) is 2.74. The van der Waals surface area contributed by atoms with Gasteiger partial charge in [-0.1, -0.05) is 6.58 Å². The second kappa shape index (κ2) is 12.7. The van der Waals surface area contributed by atoms with Crippen LogP contribution in [0.4, 0.5) is 0 Å². The van der Waals surface area contributed by atoms with Crippen LogP contribution in [0.5, 0.6) is 0 Å². The van der Waals surface area contributed by atoms with E-state index >= 15 is 0 Å². The molecular formula is C15H33NO7Si2. The second-order valence-corrected chi connectivity index (χ2v) is 11.5. The number of carbonyl (C=O) groups excluding carboxylic acids is 1. The normalized spacial score (nSPS) is 12.2. The summed E-state index contributed by atoms with van der Waals surface area (Å²) in [6, 6.07) is 1.26. The van der Waals surface area contributed by atoms with E-state index < -0.39 is 17.6 Å². The van der Waals surface area contributed by atoms with Crippen LogP contribution < -0.4 is 0 Å². The van der Waals surface area contributed by atoms with Crippen LogP contribution in [0, 0.1) is 0 Å². The Morgan fingerprint density at radius 1 is 0.800 bits per heavy atom. The van der Waals surface area contributed by atoms with Gasteiger partial charge in [0.15, 0.2) is 0 Å². The minimum Gasteiger partial charge on any atom is -0.377 e. The van der Waals surface area contributed by atoms with Crippen LogP contribution in [-0.2, 0) is 31.4 Å². The van der Waals surface area contributed by atoms with Crippen LogP contribution in [0.25, 0.3) is 0 Å². The first-order valence-electron chi connectivity index (χ1n) is 8.14. The molecule has 0 bridgehead atoms. The van der Waals surface area contributed by atoms with Crippen molar-refractivity contribution >= 4 is 23.5 Å². The lowest BCUT2D eigenvalue weighted by Gasteiger charge is -2.28. The van der Waals surface area contributed by atoms with Gasteiger partial charge in [-0.25, -0.2) is 0 Å². The molecule has 0 aromatic carbocycles. The Labute approximate surface area is 153 Å². The van der Waals surface area contributed by atoms with Gasteiger partial charge in [0.05, 0.1) is 0 Å². The minimum atomic E-state index is -2.62. The van der Waals surface area contributed by atoms with Crippen molar-refractivity contribution in [3.63, 3.8) is 0 Å². The topological polar surface area (TPSA) is 75.7 Å². The SMILES string of the molecule is C=CC(=O)N(CCC[Si](OC)(OC)OC)CCC[Si](OC)(OC)OC. The maximum Gasteiger partial charge on any atom is 0.500 e. The maximum absolute atomic E-state index is 12.1. The Kier molecular flexibility index (Phi) is 12.4. The minimum absolute atomic E-state index is 0.112. The third kappa shape index (κ3) is 7.66. The maximum atomic E-state index is 12.1. The molecule has 148 valence electrons. The summed E-state index contributed by atoms with van der Waals surface area (Å²) in [5, 5.41) is 0. The van der Waals surface area contributed by atoms with E-state index in [0.29, 0.717) is 38.0 Å². The molecule has 0 aromatic rings. The molecule has 25 heavy (non-hydrogen) atoms. The Bertz CT molecular complexity index is 348. The first kappa shape index (κ1) is 24.4. The summed E-state index contributed by atoms with van der Waals surface area (Å²) in [5.41, 5.74) is 0. The van der Waals surface area contributed by atoms with Crippen LogP contribution in [0.1, 0.15) is 12.8 Å². The lowest BCUT2D eigenvalue weighted by Crippen LogP contribution is -2.44. The van der Waals surface area contributed by atoms with Gasteiger partial charge in [0.2, 0.25) is 5.91 Å². The van der Waals surface area contributed by atoms with Crippen LogP contribution in [0.3, 0.4) is 0 Å². The van der Waals surface area contributed by atoms with Crippen LogP contribution >= 0.6 is 0 Å². The Hall–Kier alpha value is -0.596. The van der Waals surface area contributed by atoms with Crippen LogP contribution in [-0.4, -0.2) is 84.2 Å². The van der Waals surface area contributed by atoms with Gasteiger partial charge in [0, 0.05) is 67.8 Å². The summed E-state index contributed by atoms with van der Waals surface area (Å²) in [6.45, 7) is 4.70. The number of rotatable bonds is 15. The Morgan fingerprint density at radius 3 is 1.36 bits per heavy atom. The van der Waals surface area contributed by atoms with E-state index in [1.54, 1.807) is 47.6 Å². The van der Waals surface area contributed by atoms with Crippen molar-refractivity contribution < 1.29 is 31.4 Å². The highest BCUT2D eigenvalue weighted by atomic mass is 28.4. The summed E-state index contributed by atoms with van der Waals surface area (Å²) in [7, 11) is 4.23. The molecule has 1 amide bonds. The smallest absolute Gasteiger partial charge is 0.377 e. The van der Waals surface area contributed by atoms with Crippen LogP contribution in [0.2, 0.25) is 12.1 Å². The molecule has 0 aliphatic carbocycles. The fourth-order valence-corrected chi connectivity index (χ4v) is 5.95. The van der Waals surface area contributed by atoms with Crippen molar-refractivity contribution in [3.8, 4) is 0 Å². The van der Waals surface area contributed by atoms with Crippen molar-refractivity contribution in [1.82, 2.24) is 4.90 Å². The molecule has 0 heterocycles. The zero-order valence-electron chi connectivity index (χ0n) is 16.3. The number of nitrogens with zero attached hydrogens (tertiary/aromatic N) is 1. The van der Waals surface area contributed by atoms with Crippen molar-refractivity contribution in [3.05, 3.63) is 12.7 Å². The van der Waals surface area contributed by atoms with Gasteiger partial charge in [-0.2, -0.15) is 0 Å². The van der Waals surface area contributed by atoms with Crippen molar-refractivity contribution in [1.29, 1.82) is 0 Å². The first-order valence-corrected chi connectivity index (χ1v) is 12.0. The molecular weight excluding hydrogens is 362 g/mol. The molecule has 0 saturated carbocycles. The lowest BCUT2D eigenvalue weighted by atomic mass is 10.3. The summed E-state index contributed by atoms with van der Waals surface area (Å²) in [5.74, 6) is -0.112. The summed E-state index contributed by atoms with van der Waals surface area (Å²) in [4.78, 5) is 13.8. The van der Waals surface area contributed by atoms with Crippen LogP contribution in [0.15, 0.2) is 12.7 Å². The Balaban J connectivity index is 4.62. The zero-order valence-corrected chi connectivity index (χ0v) is 18.3. The molecule has 0 aliphatic rings. The Morgan fingerprint density at radius 2 is 1.12 bits per heavy atom. The second-order valence-electron chi connectivity index (χ2n) is 5.33. The van der Waals surface area contributed by atoms with E-state index in [4.69, 9.17) is 26.6 Å². The zero-order chi connectivity index (χ0) is 19.3. The van der Waals surface area contributed by atoms with E-state index in [9.17, 15) is 4.79 Å². The van der Waals surface area contributed by atoms with Gasteiger partial charge in [-0.3, -0.25) is 4.79 Å². The monoisotopic (exact) mass is 395 g/mol. The third-order valence-corrected chi connectivity index (χ3v) is 9.84. The van der Waals surface area contributed by atoms with E-state index in [1.165, 1.54) is 6.08 Å². The number of hydrogen-bond acceptors (Lipinski definition) is 7. The number of carbonyl (C=O) groups is 1. The van der Waals surface area contributed by atoms with E-state index in [-0.39, 0.29) is 5.91 Å². The van der Waals surface area contributed by atoms with E-state index in [0.717, 1.165) is 0 Å². The molecule has 0 N–H and O–H groups in total. The fraction of sp³-hybridized carbons (Fsp3) is 0.800. The highest BCUT2D eigenvalue weighted by Gasteiger charge is 2.38. The molecule has 10 heteroatoms. The van der Waals surface area contributed by atoms with Gasteiger partial charge in [-0.05, 0) is 18.9 Å². The van der Waals surface area contributed by atoms with Gasteiger partial charge in [-0.15, -0.1) is 0 Å². The quantitative estimate of drug-likeness (QED) is 0.307. The molecule has 0 fully saturated rings. The van der Waals surface area contributed by atoms with Crippen molar-refractivity contribution in [2.75, 3.05) is 55.7 Å². The predicted octanol–water partition coefficient (Wildman–Crippen LogP) is 1.54. The molecule has 0 aromatic heterocycles. The number of amides is 1. The molecule has 0 radical (unpaired) electrons. The number of hydrogen-bond donors (Lipinski definition) is 0. The first-order chi connectivity index (χ1) is 11.9. The molecule has 0 spiro atoms. The van der Waals surface area contributed by atoms with E-state index in [2.05, 4.69) is 6.58 Å². The fourth-order valence-electron chi connectivity index (χ4n) is 2.55. The highest BCUT2D eigenvalue weighted by molar-refractivity contribution is 6.60. The average molecular weight is 396 g/mol. The van der Waals surface area contributed by atoms with Crippen molar-refractivity contribution in [2.24, 2.45) is 0 Å². The van der Waals surface area contributed by atoms with E-state index in [1.807, 2.05) is 0 Å². The van der Waals surface area contributed by atoms with Gasteiger partial charge in [0.1, 0.15) is 0 Å². The molecule has 0 saturated heterocycles. The third-order valence-electron chi connectivity index (χ3n) is 4.17. The largest absolute Gasteiger partial charge is 0.500 e. The molecule has 0 atom stereocenters. The van der Waals surface area contributed by atoms with Gasteiger partial charge < -0.3 is 31.5 Å². The standard InChI is InChI=1S/C15H33NO7Si2/c1-8-15(17)16(11-9-13-24(18-2,19-3)20-4)12-10-14-25(21-5,22-6)23-7/h8H,1,9-14H2,2-7H3. The van der Waals surface area contributed by atoms with Crippen molar-refractivity contribution in [2.45, 2.75) is 24.9 Å². The molecule has 8 nitrogen and oxygen atoms in total. The predicted molar refractivity (Wildman–Crippen MR) is 99.2 cm³/mol. The molecule has 0 rings (SSSR count). The highest BCUT2D eigenvalue weighted by Crippen LogP contribution is 2.18.